The van der Waals surface area contributed by atoms with E-state index in [1.807, 2.05) is 7.05 Å². The van der Waals surface area contributed by atoms with Gasteiger partial charge in [0.25, 0.3) is 0 Å². The lowest BCUT2D eigenvalue weighted by Gasteiger charge is -2.28. The molecule has 2 N–H and O–H groups in total. The second-order valence-electron chi connectivity index (χ2n) is 6.89. The molecule has 1 rings (SSSR count). The van der Waals surface area contributed by atoms with Gasteiger partial charge in [0.2, 0.25) is 0 Å². The number of benzene rings is 1. The Morgan fingerprint density at radius 3 is 1.90 bits per heavy atom. The van der Waals surface area contributed by atoms with Crippen molar-refractivity contribution in [2.45, 2.75) is 45.4 Å². The Hall–Kier alpha value is -1.51. The molecule has 3 heteroatoms. The SMILES string of the molecule is CN=C(NC)NCC(C)(C)c1ccc(C(C)(C)C)cc1. The van der Waals surface area contributed by atoms with E-state index in [1.165, 1.54) is 11.1 Å². The van der Waals surface area contributed by atoms with Crippen LogP contribution in [-0.2, 0) is 10.8 Å². The van der Waals surface area contributed by atoms with Crippen LogP contribution in [0.5, 0.6) is 0 Å². The molecule has 0 spiro atoms. The van der Waals surface area contributed by atoms with Gasteiger partial charge in [0, 0.05) is 26.1 Å². The molecule has 0 atom stereocenters. The Labute approximate surface area is 123 Å². The van der Waals surface area contributed by atoms with Crippen LogP contribution in [0.25, 0.3) is 0 Å². The van der Waals surface area contributed by atoms with E-state index in [2.05, 4.69) is 74.5 Å². The van der Waals surface area contributed by atoms with Crippen molar-refractivity contribution in [3.05, 3.63) is 35.4 Å². The van der Waals surface area contributed by atoms with E-state index in [4.69, 9.17) is 0 Å². The Balaban J connectivity index is 2.82. The molecular formula is C17H29N3. The number of nitrogens with zero attached hydrogens (tertiary/aromatic N) is 1. The topological polar surface area (TPSA) is 36.4 Å². The summed E-state index contributed by atoms with van der Waals surface area (Å²) < 4.78 is 0. The fourth-order valence-electron chi connectivity index (χ4n) is 2.11. The molecule has 0 radical (unpaired) electrons. The van der Waals surface area contributed by atoms with Crippen LogP contribution in [0.2, 0.25) is 0 Å². The molecule has 0 aliphatic carbocycles. The second kappa shape index (κ2) is 6.29. The third-order valence-corrected chi connectivity index (χ3v) is 3.69. The Kier molecular flexibility index (Phi) is 5.21. The zero-order valence-corrected chi connectivity index (χ0v) is 14.0. The van der Waals surface area contributed by atoms with Crippen molar-refractivity contribution >= 4 is 5.96 Å². The van der Waals surface area contributed by atoms with Crippen molar-refractivity contribution in [1.82, 2.24) is 10.6 Å². The normalized spacial score (nSPS) is 13.2. The highest BCUT2D eigenvalue weighted by molar-refractivity contribution is 5.79. The van der Waals surface area contributed by atoms with Crippen molar-refractivity contribution in [3.8, 4) is 0 Å². The summed E-state index contributed by atoms with van der Waals surface area (Å²) in [4.78, 5) is 4.14. The molecule has 1 aromatic carbocycles. The fourth-order valence-corrected chi connectivity index (χ4v) is 2.11. The van der Waals surface area contributed by atoms with E-state index in [-0.39, 0.29) is 10.8 Å². The Bertz CT molecular complexity index is 450. The molecular weight excluding hydrogens is 246 g/mol. The molecule has 3 nitrogen and oxygen atoms in total. The first-order chi connectivity index (χ1) is 9.20. The Morgan fingerprint density at radius 1 is 1.00 bits per heavy atom. The van der Waals surface area contributed by atoms with Gasteiger partial charge in [-0.2, -0.15) is 0 Å². The van der Waals surface area contributed by atoms with Crippen molar-refractivity contribution < 1.29 is 0 Å². The number of guanidine groups is 1. The zero-order valence-electron chi connectivity index (χ0n) is 14.0. The molecule has 112 valence electrons. The summed E-state index contributed by atoms with van der Waals surface area (Å²) in [6.07, 6.45) is 0. The van der Waals surface area contributed by atoms with Crippen molar-refractivity contribution in [3.63, 3.8) is 0 Å². The van der Waals surface area contributed by atoms with Crippen LogP contribution in [0, 0.1) is 0 Å². The minimum Gasteiger partial charge on any atom is -0.359 e. The second-order valence-corrected chi connectivity index (χ2v) is 6.89. The molecule has 1 aromatic rings. The first-order valence-corrected chi connectivity index (χ1v) is 7.20. The number of aliphatic imine (C=N–C) groups is 1. The summed E-state index contributed by atoms with van der Waals surface area (Å²) in [5, 5.41) is 6.39. The predicted molar refractivity (Wildman–Crippen MR) is 88.6 cm³/mol. The lowest BCUT2D eigenvalue weighted by atomic mass is 9.81. The maximum absolute atomic E-state index is 4.14. The molecule has 0 saturated heterocycles. The molecule has 0 amide bonds. The van der Waals surface area contributed by atoms with E-state index in [0.717, 1.165) is 12.5 Å². The highest BCUT2D eigenvalue weighted by Crippen LogP contribution is 2.27. The Morgan fingerprint density at radius 2 is 1.50 bits per heavy atom. The van der Waals surface area contributed by atoms with Gasteiger partial charge in [-0.15, -0.1) is 0 Å². The van der Waals surface area contributed by atoms with E-state index < -0.39 is 0 Å². The van der Waals surface area contributed by atoms with Crippen molar-refractivity contribution in [2.24, 2.45) is 4.99 Å². The number of hydrogen-bond donors (Lipinski definition) is 2. The summed E-state index contributed by atoms with van der Waals surface area (Å²) in [6, 6.07) is 8.96. The van der Waals surface area contributed by atoms with Gasteiger partial charge in [-0.3, -0.25) is 4.99 Å². The molecule has 0 heterocycles. The van der Waals surface area contributed by atoms with Gasteiger partial charge in [0.05, 0.1) is 0 Å². The first kappa shape index (κ1) is 16.5. The van der Waals surface area contributed by atoms with Crippen LogP contribution in [0.4, 0.5) is 0 Å². The van der Waals surface area contributed by atoms with Crippen LogP contribution in [-0.4, -0.2) is 26.6 Å². The molecule has 0 bridgehead atoms. The summed E-state index contributed by atoms with van der Waals surface area (Å²) in [7, 11) is 3.66. The monoisotopic (exact) mass is 275 g/mol. The van der Waals surface area contributed by atoms with Gasteiger partial charge in [-0.1, -0.05) is 58.9 Å². The van der Waals surface area contributed by atoms with Gasteiger partial charge in [-0.25, -0.2) is 0 Å². The van der Waals surface area contributed by atoms with Gasteiger partial charge in [0.1, 0.15) is 0 Å². The predicted octanol–water partition coefficient (Wildman–Crippen LogP) is 3.06. The molecule has 0 aromatic heterocycles. The van der Waals surface area contributed by atoms with E-state index in [1.54, 1.807) is 7.05 Å². The highest BCUT2D eigenvalue weighted by Gasteiger charge is 2.22. The number of nitrogens with one attached hydrogen (secondary N) is 2. The van der Waals surface area contributed by atoms with E-state index >= 15 is 0 Å². The highest BCUT2D eigenvalue weighted by atomic mass is 15.2. The minimum absolute atomic E-state index is 0.0587. The molecule has 0 fully saturated rings. The lowest BCUT2D eigenvalue weighted by molar-refractivity contribution is 0.508. The maximum Gasteiger partial charge on any atom is 0.190 e. The number of hydrogen-bond acceptors (Lipinski definition) is 1. The fraction of sp³-hybridized carbons (Fsp3) is 0.588. The summed E-state index contributed by atoms with van der Waals surface area (Å²) in [5.74, 6) is 0.824. The van der Waals surface area contributed by atoms with E-state index in [9.17, 15) is 0 Å². The smallest absolute Gasteiger partial charge is 0.190 e. The molecule has 0 saturated carbocycles. The van der Waals surface area contributed by atoms with Crippen LogP contribution in [0.15, 0.2) is 29.3 Å². The largest absolute Gasteiger partial charge is 0.359 e. The average Bonchev–Trinajstić information content (AvgIpc) is 2.39. The van der Waals surface area contributed by atoms with Crippen LogP contribution in [0.1, 0.15) is 45.7 Å². The molecule has 20 heavy (non-hydrogen) atoms. The van der Waals surface area contributed by atoms with Gasteiger partial charge >= 0.3 is 0 Å². The van der Waals surface area contributed by atoms with E-state index in [0.29, 0.717) is 0 Å². The van der Waals surface area contributed by atoms with Crippen LogP contribution >= 0.6 is 0 Å². The molecule has 0 aliphatic rings. The summed E-state index contributed by atoms with van der Waals surface area (Å²) in [5.41, 5.74) is 2.97. The number of rotatable bonds is 3. The van der Waals surface area contributed by atoms with Gasteiger partial charge in [-0.05, 0) is 16.5 Å². The van der Waals surface area contributed by atoms with Crippen LogP contribution in [0.3, 0.4) is 0 Å². The third-order valence-electron chi connectivity index (χ3n) is 3.69. The van der Waals surface area contributed by atoms with Crippen molar-refractivity contribution in [1.29, 1.82) is 0 Å². The first-order valence-electron chi connectivity index (χ1n) is 7.20. The van der Waals surface area contributed by atoms with Crippen molar-refractivity contribution in [2.75, 3.05) is 20.6 Å². The summed E-state index contributed by atoms with van der Waals surface area (Å²) in [6.45, 7) is 12.1. The quantitative estimate of drug-likeness (QED) is 0.657. The van der Waals surface area contributed by atoms with Crippen LogP contribution < -0.4 is 10.6 Å². The summed E-state index contributed by atoms with van der Waals surface area (Å²) >= 11 is 0. The standard InChI is InChI=1S/C17H29N3/c1-16(2,3)13-8-10-14(11-9-13)17(4,5)12-20-15(18-6)19-7/h8-11H,12H2,1-7H3,(H2,18,19,20). The van der Waals surface area contributed by atoms with Gasteiger partial charge in [0.15, 0.2) is 5.96 Å². The lowest BCUT2D eigenvalue weighted by Crippen LogP contribution is -2.42. The zero-order chi connectivity index (χ0) is 15.4. The third kappa shape index (κ3) is 4.26. The molecule has 0 aliphatic heterocycles. The maximum atomic E-state index is 4.14. The minimum atomic E-state index is 0.0587. The average molecular weight is 275 g/mol. The molecule has 0 unspecified atom stereocenters. The van der Waals surface area contributed by atoms with Gasteiger partial charge < -0.3 is 10.6 Å².